The van der Waals surface area contributed by atoms with Gasteiger partial charge in [0.15, 0.2) is 0 Å². The van der Waals surface area contributed by atoms with Crippen LogP contribution >= 0.6 is 0 Å². The molecule has 1 saturated carbocycles. The highest BCUT2D eigenvalue weighted by Gasteiger charge is 2.16. The Hall–Kier alpha value is -1.69. The monoisotopic (exact) mass is 292 g/mol. The molecule has 1 fully saturated rings. The molecule has 6 heteroatoms. The minimum Gasteiger partial charge on any atom is -0.383 e. The predicted molar refractivity (Wildman–Crippen MR) is 81.4 cm³/mol. The van der Waals surface area contributed by atoms with E-state index in [0.29, 0.717) is 24.8 Å². The van der Waals surface area contributed by atoms with E-state index in [2.05, 4.69) is 20.6 Å². The Morgan fingerprint density at radius 1 is 1.33 bits per heavy atom. The number of hydrogen-bond donors (Lipinski definition) is 2. The minimum atomic E-state index is -0.112. The number of nitrogens with zero attached hydrogens (tertiary/aromatic N) is 2. The Balaban J connectivity index is 1.90. The largest absolute Gasteiger partial charge is 0.383 e. The van der Waals surface area contributed by atoms with Crippen molar-refractivity contribution in [3.8, 4) is 0 Å². The third-order valence-corrected chi connectivity index (χ3v) is 3.67. The van der Waals surface area contributed by atoms with E-state index in [-0.39, 0.29) is 11.9 Å². The highest BCUT2D eigenvalue weighted by molar-refractivity contribution is 5.92. The fourth-order valence-corrected chi connectivity index (χ4v) is 2.52. The standard InChI is InChI=1S/C15H24N4O2/c1-21-11-10-17-15-16-9-8-13(19-15)14(20)18-12-6-4-2-3-5-7-12/h8-9,12H,2-7,10-11H2,1H3,(H,18,20)(H,16,17,19). The van der Waals surface area contributed by atoms with E-state index >= 15 is 0 Å². The Bertz CT molecular complexity index is 445. The van der Waals surface area contributed by atoms with Crippen molar-refractivity contribution in [1.82, 2.24) is 15.3 Å². The van der Waals surface area contributed by atoms with Gasteiger partial charge in [0.2, 0.25) is 5.95 Å². The van der Waals surface area contributed by atoms with Gasteiger partial charge in [-0.1, -0.05) is 25.7 Å². The number of anilines is 1. The number of aromatic nitrogens is 2. The fourth-order valence-electron chi connectivity index (χ4n) is 2.52. The topological polar surface area (TPSA) is 76.1 Å². The van der Waals surface area contributed by atoms with Crippen LogP contribution in [0.5, 0.6) is 0 Å². The summed E-state index contributed by atoms with van der Waals surface area (Å²) >= 11 is 0. The molecule has 0 atom stereocenters. The number of nitrogens with one attached hydrogen (secondary N) is 2. The quantitative estimate of drug-likeness (QED) is 0.619. The predicted octanol–water partition coefficient (Wildman–Crippen LogP) is 1.99. The van der Waals surface area contributed by atoms with E-state index in [1.54, 1.807) is 19.4 Å². The lowest BCUT2D eigenvalue weighted by Crippen LogP contribution is -2.35. The van der Waals surface area contributed by atoms with Gasteiger partial charge < -0.3 is 15.4 Å². The summed E-state index contributed by atoms with van der Waals surface area (Å²) in [5, 5.41) is 6.12. The summed E-state index contributed by atoms with van der Waals surface area (Å²) in [6.45, 7) is 1.19. The third-order valence-electron chi connectivity index (χ3n) is 3.67. The van der Waals surface area contributed by atoms with Gasteiger partial charge >= 0.3 is 0 Å². The molecule has 2 rings (SSSR count). The van der Waals surface area contributed by atoms with Gasteiger partial charge in [-0.15, -0.1) is 0 Å². The van der Waals surface area contributed by atoms with Crippen molar-refractivity contribution < 1.29 is 9.53 Å². The lowest BCUT2D eigenvalue weighted by molar-refractivity contribution is 0.0928. The highest BCUT2D eigenvalue weighted by Crippen LogP contribution is 2.17. The lowest BCUT2D eigenvalue weighted by Gasteiger charge is -2.16. The van der Waals surface area contributed by atoms with E-state index in [1.165, 1.54) is 25.7 Å². The van der Waals surface area contributed by atoms with Gasteiger partial charge in [-0.05, 0) is 18.9 Å². The first-order chi connectivity index (χ1) is 10.3. The number of ether oxygens (including phenoxy) is 1. The number of carbonyl (C=O) groups is 1. The normalized spacial score (nSPS) is 16.2. The van der Waals surface area contributed by atoms with Crippen molar-refractivity contribution in [2.75, 3.05) is 25.6 Å². The smallest absolute Gasteiger partial charge is 0.270 e. The van der Waals surface area contributed by atoms with Crippen LogP contribution in [0.25, 0.3) is 0 Å². The number of rotatable bonds is 6. The summed E-state index contributed by atoms with van der Waals surface area (Å²) in [6.07, 6.45) is 8.66. The van der Waals surface area contributed by atoms with Gasteiger partial charge in [0.05, 0.1) is 6.61 Å². The van der Waals surface area contributed by atoms with E-state index in [0.717, 1.165) is 12.8 Å². The molecule has 2 N–H and O–H groups in total. The van der Waals surface area contributed by atoms with Gasteiger partial charge in [0.25, 0.3) is 5.91 Å². The van der Waals surface area contributed by atoms with Crippen LogP contribution in [0.4, 0.5) is 5.95 Å². The second-order valence-corrected chi connectivity index (χ2v) is 5.35. The fraction of sp³-hybridized carbons (Fsp3) is 0.667. The molecule has 0 aliphatic heterocycles. The molecule has 0 unspecified atom stereocenters. The first-order valence-corrected chi connectivity index (χ1v) is 7.66. The molecule has 0 saturated heterocycles. The molecule has 6 nitrogen and oxygen atoms in total. The maximum atomic E-state index is 12.3. The van der Waals surface area contributed by atoms with Gasteiger partial charge in [-0.3, -0.25) is 4.79 Å². The zero-order valence-corrected chi connectivity index (χ0v) is 12.6. The molecule has 0 radical (unpaired) electrons. The molecule has 1 aromatic heterocycles. The van der Waals surface area contributed by atoms with Crippen LogP contribution < -0.4 is 10.6 Å². The van der Waals surface area contributed by atoms with Crippen molar-refractivity contribution in [2.45, 2.75) is 44.6 Å². The zero-order chi connectivity index (χ0) is 14.9. The average molecular weight is 292 g/mol. The molecule has 0 aromatic carbocycles. The second-order valence-electron chi connectivity index (χ2n) is 5.35. The Labute approximate surface area is 125 Å². The van der Waals surface area contributed by atoms with Crippen molar-refractivity contribution >= 4 is 11.9 Å². The summed E-state index contributed by atoms with van der Waals surface area (Å²) in [5.74, 6) is 0.347. The van der Waals surface area contributed by atoms with Crippen molar-refractivity contribution in [3.05, 3.63) is 18.0 Å². The zero-order valence-electron chi connectivity index (χ0n) is 12.6. The minimum absolute atomic E-state index is 0.112. The van der Waals surface area contributed by atoms with E-state index < -0.39 is 0 Å². The van der Waals surface area contributed by atoms with E-state index in [9.17, 15) is 4.79 Å². The average Bonchev–Trinajstić information content (AvgIpc) is 2.76. The van der Waals surface area contributed by atoms with Crippen LogP contribution in [0.3, 0.4) is 0 Å². The van der Waals surface area contributed by atoms with E-state index in [4.69, 9.17) is 4.74 Å². The van der Waals surface area contributed by atoms with Gasteiger partial charge in [0, 0.05) is 25.9 Å². The molecule has 1 aliphatic rings. The summed E-state index contributed by atoms with van der Waals surface area (Å²) in [4.78, 5) is 20.6. The Morgan fingerprint density at radius 2 is 2.10 bits per heavy atom. The van der Waals surface area contributed by atoms with Crippen molar-refractivity contribution in [3.63, 3.8) is 0 Å². The van der Waals surface area contributed by atoms with Gasteiger partial charge in [-0.25, -0.2) is 9.97 Å². The summed E-state index contributed by atoms with van der Waals surface area (Å²) in [6, 6.07) is 1.92. The summed E-state index contributed by atoms with van der Waals surface area (Å²) < 4.78 is 4.96. The van der Waals surface area contributed by atoms with Crippen LogP contribution in [0, 0.1) is 0 Å². The molecule has 0 spiro atoms. The first-order valence-electron chi connectivity index (χ1n) is 7.66. The molecule has 1 amide bonds. The molecule has 1 heterocycles. The van der Waals surface area contributed by atoms with Crippen LogP contribution in [0.1, 0.15) is 49.0 Å². The molecule has 116 valence electrons. The maximum absolute atomic E-state index is 12.3. The maximum Gasteiger partial charge on any atom is 0.270 e. The SMILES string of the molecule is COCCNc1nccc(C(=O)NC2CCCCCC2)n1. The number of carbonyl (C=O) groups excluding carboxylic acids is 1. The number of methoxy groups -OCH3 is 1. The number of amides is 1. The highest BCUT2D eigenvalue weighted by atomic mass is 16.5. The van der Waals surface area contributed by atoms with Gasteiger partial charge in [0.1, 0.15) is 5.69 Å². The Morgan fingerprint density at radius 3 is 2.81 bits per heavy atom. The molecule has 1 aliphatic carbocycles. The Kier molecular flexibility index (Phi) is 6.40. The molecule has 0 bridgehead atoms. The van der Waals surface area contributed by atoms with Crippen molar-refractivity contribution in [2.24, 2.45) is 0 Å². The second kappa shape index (κ2) is 8.56. The van der Waals surface area contributed by atoms with Crippen LogP contribution in [-0.4, -0.2) is 42.2 Å². The molecule has 1 aromatic rings. The summed E-state index contributed by atoms with van der Waals surface area (Å²) in [7, 11) is 1.64. The van der Waals surface area contributed by atoms with Crippen molar-refractivity contribution in [1.29, 1.82) is 0 Å². The first kappa shape index (κ1) is 15.7. The van der Waals surface area contributed by atoms with E-state index in [1.807, 2.05) is 0 Å². The molecular formula is C15H24N4O2. The number of hydrogen-bond acceptors (Lipinski definition) is 5. The van der Waals surface area contributed by atoms with Crippen LogP contribution in [0.2, 0.25) is 0 Å². The summed E-state index contributed by atoms with van der Waals surface area (Å²) in [5.41, 5.74) is 0.411. The molecule has 21 heavy (non-hydrogen) atoms. The third kappa shape index (κ3) is 5.30. The van der Waals surface area contributed by atoms with Gasteiger partial charge in [-0.2, -0.15) is 0 Å². The lowest BCUT2D eigenvalue weighted by atomic mass is 10.1. The molecular weight excluding hydrogens is 268 g/mol. The van der Waals surface area contributed by atoms with Crippen LogP contribution in [0.15, 0.2) is 12.3 Å². The van der Waals surface area contributed by atoms with Crippen LogP contribution in [-0.2, 0) is 4.74 Å².